The minimum atomic E-state index is -3.72. The lowest BCUT2D eigenvalue weighted by Crippen LogP contribution is -2.53. The molecule has 2 heterocycles. The standard InChI is InChI=1S/C19H22N4O3S/c1-22-18(10-11-20-22)23-12-4-7-17(19(23)24)21-27(25,26)16-9-8-14-5-2-3-6-15(14)13-16/h2-3,5-6,10-11,13,17,21H,4,7-9,12H2,1H3/t17-/m0/s1. The first kappa shape index (κ1) is 17.9. The molecule has 1 fully saturated rings. The topological polar surface area (TPSA) is 84.3 Å². The van der Waals surface area contributed by atoms with E-state index in [2.05, 4.69) is 9.82 Å². The zero-order chi connectivity index (χ0) is 19.0. The molecule has 0 bridgehead atoms. The highest BCUT2D eigenvalue weighted by atomic mass is 32.2. The number of hydrogen-bond donors (Lipinski definition) is 1. The van der Waals surface area contributed by atoms with Crippen LogP contribution in [-0.4, -0.2) is 36.7 Å². The van der Waals surface area contributed by atoms with Gasteiger partial charge in [0, 0.05) is 19.7 Å². The number of rotatable bonds is 4. The van der Waals surface area contributed by atoms with Crippen molar-refractivity contribution in [3.63, 3.8) is 0 Å². The molecule has 0 radical (unpaired) electrons. The van der Waals surface area contributed by atoms with Crippen LogP contribution in [0.15, 0.2) is 41.4 Å². The quantitative estimate of drug-likeness (QED) is 0.869. The third kappa shape index (κ3) is 3.42. The molecule has 0 saturated carbocycles. The smallest absolute Gasteiger partial charge is 0.246 e. The Morgan fingerprint density at radius 1 is 1.19 bits per heavy atom. The summed E-state index contributed by atoms with van der Waals surface area (Å²) in [6.45, 7) is 0.562. The van der Waals surface area contributed by atoms with Gasteiger partial charge in [-0.3, -0.25) is 14.4 Å². The Balaban J connectivity index is 1.55. The molecule has 1 aromatic carbocycles. The van der Waals surface area contributed by atoms with Gasteiger partial charge in [-0.2, -0.15) is 9.82 Å². The number of nitrogens with one attached hydrogen (secondary N) is 1. The summed E-state index contributed by atoms with van der Waals surface area (Å²) >= 11 is 0. The number of aryl methyl sites for hydroxylation is 2. The van der Waals surface area contributed by atoms with Gasteiger partial charge in [0.2, 0.25) is 15.9 Å². The number of nitrogens with zero attached hydrogens (tertiary/aromatic N) is 3. The van der Waals surface area contributed by atoms with Gasteiger partial charge >= 0.3 is 0 Å². The molecule has 27 heavy (non-hydrogen) atoms. The molecular weight excluding hydrogens is 364 g/mol. The van der Waals surface area contributed by atoms with Gasteiger partial charge in [-0.05, 0) is 42.9 Å². The summed E-state index contributed by atoms with van der Waals surface area (Å²) in [4.78, 5) is 14.8. The highest BCUT2D eigenvalue weighted by Gasteiger charge is 2.35. The Morgan fingerprint density at radius 3 is 2.78 bits per heavy atom. The first-order valence-electron chi connectivity index (χ1n) is 9.06. The van der Waals surface area contributed by atoms with Crippen molar-refractivity contribution >= 4 is 27.8 Å². The average molecular weight is 386 g/mol. The Labute approximate surface area is 158 Å². The molecule has 2 aliphatic rings. The van der Waals surface area contributed by atoms with Crippen LogP contribution in [-0.2, 0) is 28.3 Å². The number of aromatic nitrogens is 2. The summed E-state index contributed by atoms with van der Waals surface area (Å²) in [5, 5.41) is 4.10. The Kier molecular flexibility index (Phi) is 4.61. The summed E-state index contributed by atoms with van der Waals surface area (Å²) in [6.07, 6.45) is 5.69. The summed E-state index contributed by atoms with van der Waals surface area (Å²) in [7, 11) is -1.96. The highest BCUT2D eigenvalue weighted by Crippen LogP contribution is 2.28. The summed E-state index contributed by atoms with van der Waals surface area (Å²) in [5.74, 6) is 0.444. The van der Waals surface area contributed by atoms with Gasteiger partial charge in [-0.25, -0.2) is 8.42 Å². The molecule has 1 N–H and O–H groups in total. The van der Waals surface area contributed by atoms with E-state index in [1.54, 1.807) is 35.0 Å². The first-order valence-corrected chi connectivity index (χ1v) is 10.5. The maximum Gasteiger partial charge on any atom is 0.246 e. The molecule has 0 unspecified atom stereocenters. The number of hydrogen-bond acceptors (Lipinski definition) is 4. The highest BCUT2D eigenvalue weighted by molar-refractivity contribution is 7.93. The van der Waals surface area contributed by atoms with Crippen LogP contribution in [0.2, 0.25) is 0 Å². The van der Waals surface area contributed by atoms with Gasteiger partial charge < -0.3 is 0 Å². The zero-order valence-electron chi connectivity index (χ0n) is 15.1. The fourth-order valence-corrected chi connectivity index (χ4v) is 5.12. The second kappa shape index (κ2) is 6.94. The number of allylic oxidation sites excluding steroid dienone is 1. The molecule has 4 rings (SSSR count). The zero-order valence-corrected chi connectivity index (χ0v) is 15.9. The number of piperidine rings is 1. The summed E-state index contributed by atoms with van der Waals surface area (Å²) in [5.41, 5.74) is 2.07. The number of carbonyl (C=O) groups excluding carboxylic acids is 1. The van der Waals surface area contributed by atoms with Crippen molar-refractivity contribution in [2.45, 2.75) is 31.7 Å². The fraction of sp³-hybridized carbons (Fsp3) is 0.368. The first-order chi connectivity index (χ1) is 13.0. The number of fused-ring (bicyclic) bond motifs is 1. The van der Waals surface area contributed by atoms with E-state index in [1.807, 2.05) is 24.3 Å². The molecule has 8 heteroatoms. The van der Waals surface area contributed by atoms with Crippen molar-refractivity contribution in [3.8, 4) is 0 Å². The number of carbonyl (C=O) groups is 1. The van der Waals surface area contributed by atoms with Crippen molar-refractivity contribution < 1.29 is 13.2 Å². The van der Waals surface area contributed by atoms with Crippen molar-refractivity contribution in [1.29, 1.82) is 0 Å². The van der Waals surface area contributed by atoms with Crippen LogP contribution in [0.25, 0.3) is 6.08 Å². The largest absolute Gasteiger partial charge is 0.296 e. The Bertz CT molecular complexity index is 1010. The number of anilines is 1. The Morgan fingerprint density at radius 2 is 2.00 bits per heavy atom. The van der Waals surface area contributed by atoms with Crippen LogP contribution >= 0.6 is 0 Å². The van der Waals surface area contributed by atoms with E-state index in [0.29, 0.717) is 36.5 Å². The molecule has 1 amide bonds. The van der Waals surface area contributed by atoms with Gasteiger partial charge in [0.05, 0.1) is 11.1 Å². The van der Waals surface area contributed by atoms with Crippen molar-refractivity contribution in [2.24, 2.45) is 7.05 Å². The van der Waals surface area contributed by atoms with Crippen LogP contribution in [0.3, 0.4) is 0 Å². The molecule has 0 spiro atoms. The van der Waals surface area contributed by atoms with Crippen LogP contribution in [0.4, 0.5) is 5.82 Å². The second-order valence-corrected chi connectivity index (χ2v) is 8.70. The van der Waals surface area contributed by atoms with Crippen molar-refractivity contribution in [1.82, 2.24) is 14.5 Å². The molecule has 1 aliphatic heterocycles. The lowest BCUT2D eigenvalue weighted by Gasteiger charge is -2.32. The summed E-state index contributed by atoms with van der Waals surface area (Å²) in [6, 6.07) is 8.79. The molecule has 142 valence electrons. The molecule has 7 nitrogen and oxygen atoms in total. The molecule has 2 aromatic rings. The van der Waals surface area contributed by atoms with Gasteiger partial charge in [0.25, 0.3) is 0 Å². The third-order valence-corrected chi connectivity index (χ3v) is 6.77. The van der Waals surface area contributed by atoms with E-state index in [0.717, 1.165) is 17.5 Å². The second-order valence-electron chi connectivity index (χ2n) is 6.93. The minimum absolute atomic E-state index is 0.231. The predicted molar refractivity (Wildman–Crippen MR) is 103 cm³/mol. The normalized spacial score (nSPS) is 20.3. The molecule has 1 atom stereocenters. The van der Waals surface area contributed by atoms with Crippen LogP contribution < -0.4 is 9.62 Å². The van der Waals surface area contributed by atoms with Gasteiger partial charge in [0.1, 0.15) is 11.9 Å². The van der Waals surface area contributed by atoms with Crippen molar-refractivity contribution in [3.05, 3.63) is 52.6 Å². The van der Waals surface area contributed by atoms with E-state index in [9.17, 15) is 13.2 Å². The average Bonchev–Trinajstić information content (AvgIpc) is 3.08. The SMILES string of the molecule is Cn1nccc1N1CCC[C@H](NS(=O)(=O)C2=Cc3ccccc3CC2)C1=O. The minimum Gasteiger partial charge on any atom is -0.296 e. The van der Waals surface area contributed by atoms with Gasteiger partial charge in [-0.15, -0.1) is 0 Å². The fourth-order valence-electron chi connectivity index (χ4n) is 3.72. The maximum atomic E-state index is 12.9. The van der Waals surface area contributed by atoms with E-state index < -0.39 is 16.1 Å². The molecule has 1 saturated heterocycles. The van der Waals surface area contributed by atoms with Crippen molar-refractivity contribution in [2.75, 3.05) is 11.4 Å². The van der Waals surface area contributed by atoms with Gasteiger partial charge in [0.15, 0.2) is 0 Å². The maximum absolute atomic E-state index is 12.9. The number of benzene rings is 1. The van der Waals surface area contributed by atoms with Gasteiger partial charge in [-0.1, -0.05) is 24.3 Å². The van der Waals surface area contributed by atoms with E-state index in [-0.39, 0.29) is 5.91 Å². The van der Waals surface area contributed by atoms with Crippen LogP contribution in [0, 0.1) is 0 Å². The molecule has 1 aromatic heterocycles. The van der Waals surface area contributed by atoms with E-state index in [4.69, 9.17) is 0 Å². The molecular formula is C19H22N4O3S. The monoisotopic (exact) mass is 386 g/mol. The third-order valence-electron chi connectivity index (χ3n) is 5.17. The van der Waals surface area contributed by atoms with E-state index >= 15 is 0 Å². The predicted octanol–water partition coefficient (Wildman–Crippen LogP) is 1.82. The van der Waals surface area contributed by atoms with Crippen LogP contribution in [0.5, 0.6) is 0 Å². The molecule has 1 aliphatic carbocycles. The van der Waals surface area contributed by atoms with Crippen LogP contribution in [0.1, 0.15) is 30.4 Å². The lowest BCUT2D eigenvalue weighted by molar-refractivity contribution is -0.121. The lowest BCUT2D eigenvalue weighted by atomic mass is 9.98. The summed E-state index contributed by atoms with van der Waals surface area (Å²) < 4.78 is 30.1. The van der Waals surface area contributed by atoms with E-state index in [1.165, 1.54) is 0 Å². The number of amides is 1. The Hall–Kier alpha value is -2.45. The number of sulfonamides is 1.